The summed E-state index contributed by atoms with van der Waals surface area (Å²) in [5, 5.41) is 0. The van der Waals surface area contributed by atoms with Crippen LogP contribution < -0.4 is 0 Å². The number of aryl methyl sites for hydroxylation is 1. The topological polar surface area (TPSA) is 42.4 Å². The second-order valence-corrected chi connectivity index (χ2v) is 11.0. The number of fused-ring (bicyclic) bond motifs is 5. The lowest BCUT2D eigenvalue weighted by atomic mass is 9.46. The third-order valence-electron chi connectivity index (χ3n) is 9.81. The van der Waals surface area contributed by atoms with E-state index in [1.165, 1.54) is 50.3 Å². The molecular weight excluding hydrogens is 384 g/mol. The second-order valence-electron chi connectivity index (χ2n) is 11.0. The summed E-state index contributed by atoms with van der Waals surface area (Å²) in [6.07, 6.45) is 16.0. The van der Waals surface area contributed by atoms with Crippen molar-refractivity contribution >= 4 is 11.7 Å². The number of pyridine rings is 1. The highest BCUT2D eigenvalue weighted by Crippen LogP contribution is 2.66. The van der Waals surface area contributed by atoms with Crippen LogP contribution in [0.15, 0.2) is 24.5 Å². The summed E-state index contributed by atoms with van der Waals surface area (Å²) >= 11 is 0. The summed E-state index contributed by atoms with van der Waals surface area (Å²) in [6, 6.07) is 2.71. The van der Waals surface area contributed by atoms with Gasteiger partial charge in [-0.2, -0.15) is 0 Å². The standard InChI is InChI=1S/C27H38N2O2/c1-5-18-15-19(17-28-16-18)21-8-9-22-20-7-10-24-27(3,23(20)11-13-26(21,22)2)12-6-14-29(24)25(30)31-4/h8,15-17,20,22-24H,5-7,9-14H2,1-4H3/t20-,22-,23?,24?,26+,27+/m0/s1. The van der Waals surface area contributed by atoms with E-state index >= 15 is 0 Å². The van der Waals surface area contributed by atoms with E-state index in [9.17, 15) is 4.79 Å². The maximum atomic E-state index is 12.5. The molecule has 5 rings (SSSR count). The van der Waals surface area contributed by atoms with Gasteiger partial charge in [-0.1, -0.05) is 26.8 Å². The molecule has 1 aliphatic heterocycles. The molecule has 31 heavy (non-hydrogen) atoms. The number of piperidine rings is 1. The number of carbonyl (C=O) groups is 1. The third-order valence-corrected chi connectivity index (χ3v) is 9.81. The van der Waals surface area contributed by atoms with E-state index in [0.717, 1.165) is 37.6 Å². The number of ether oxygens (including phenoxy) is 1. The quantitative estimate of drug-likeness (QED) is 0.577. The number of carbonyl (C=O) groups excluding carboxylic acids is 1. The Morgan fingerprint density at radius 1 is 1.19 bits per heavy atom. The molecule has 0 bridgehead atoms. The first-order valence-corrected chi connectivity index (χ1v) is 12.4. The maximum absolute atomic E-state index is 12.5. The molecule has 3 fully saturated rings. The Morgan fingerprint density at radius 3 is 2.81 bits per heavy atom. The van der Waals surface area contributed by atoms with Crippen molar-refractivity contribution in [1.29, 1.82) is 0 Å². The van der Waals surface area contributed by atoms with Gasteiger partial charge in [0.15, 0.2) is 0 Å². The molecule has 0 N–H and O–H groups in total. The van der Waals surface area contributed by atoms with Crippen LogP contribution in [0.4, 0.5) is 4.79 Å². The van der Waals surface area contributed by atoms with Crippen LogP contribution >= 0.6 is 0 Å². The van der Waals surface area contributed by atoms with E-state index < -0.39 is 0 Å². The number of nitrogens with zero attached hydrogens (tertiary/aromatic N) is 2. The van der Waals surface area contributed by atoms with Crippen LogP contribution in [-0.4, -0.2) is 35.7 Å². The monoisotopic (exact) mass is 422 g/mol. The molecule has 1 amide bonds. The highest BCUT2D eigenvalue weighted by Gasteiger charge is 2.59. The zero-order valence-electron chi connectivity index (χ0n) is 19.7. The van der Waals surface area contributed by atoms with E-state index in [-0.39, 0.29) is 16.9 Å². The minimum absolute atomic E-state index is 0.122. The Balaban J connectivity index is 1.43. The number of amides is 1. The van der Waals surface area contributed by atoms with Gasteiger partial charge >= 0.3 is 6.09 Å². The van der Waals surface area contributed by atoms with Crippen LogP contribution in [-0.2, 0) is 11.2 Å². The number of rotatable bonds is 2. The molecule has 0 aromatic carbocycles. The average Bonchev–Trinajstić information content (AvgIpc) is 3.15. The second kappa shape index (κ2) is 7.64. The van der Waals surface area contributed by atoms with Gasteiger partial charge in [0, 0.05) is 25.0 Å². The summed E-state index contributed by atoms with van der Waals surface area (Å²) in [5.74, 6) is 2.19. The van der Waals surface area contributed by atoms with Gasteiger partial charge in [-0.25, -0.2) is 4.79 Å². The van der Waals surface area contributed by atoms with Gasteiger partial charge in [0.25, 0.3) is 0 Å². The molecule has 1 aromatic rings. The first-order valence-electron chi connectivity index (χ1n) is 12.4. The summed E-state index contributed by atoms with van der Waals surface area (Å²) in [7, 11) is 1.53. The average molecular weight is 423 g/mol. The molecule has 4 nitrogen and oxygen atoms in total. The van der Waals surface area contributed by atoms with Crippen LogP contribution in [0.25, 0.3) is 5.57 Å². The Hall–Kier alpha value is -1.84. The van der Waals surface area contributed by atoms with E-state index in [1.807, 2.05) is 6.20 Å². The van der Waals surface area contributed by atoms with Gasteiger partial charge in [-0.05, 0) is 103 Å². The van der Waals surface area contributed by atoms with E-state index in [1.54, 1.807) is 5.57 Å². The smallest absolute Gasteiger partial charge is 0.409 e. The van der Waals surface area contributed by atoms with Crippen molar-refractivity contribution < 1.29 is 9.53 Å². The molecule has 1 saturated heterocycles. The zero-order valence-corrected chi connectivity index (χ0v) is 19.7. The fourth-order valence-corrected chi connectivity index (χ4v) is 8.26. The molecule has 2 saturated carbocycles. The van der Waals surface area contributed by atoms with Crippen LogP contribution in [0.5, 0.6) is 0 Å². The summed E-state index contributed by atoms with van der Waals surface area (Å²) in [4.78, 5) is 19.1. The molecule has 6 atom stereocenters. The van der Waals surface area contributed by atoms with Crippen LogP contribution in [0.1, 0.15) is 76.8 Å². The lowest BCUT2D eigenvalue weighted by molar-refractivity contribution is -0.109. The first-order chi connectivity index (χ1) is 14.9. The Labute approximate surface area is 187 Å². The number of allylic oxidation sites excluding steroid dienone is 2. The Bertz CT molecular complexity index is 895. The zero-order chi connectivity index (χ0) is 21.8. The fourth-order valence-electron chi connectivity index (χ4n) is 8.26. The highest BCUT2D eigenvalue weighted by molar-refractivity contribution is 5.73. The maximum Gasteiger partial charge on any atom is 0.409 e. The SMILES string of the molecule is CCc1cncc(C2=CC[C@H]3[C@@H]4CCC5N(C(=O)OC)CCC[C@]5(C)C4CC[C@]23C)c1. The van der Waals surface area contributed by atoms with Gasteiger partial charge < -0.3 is 9.64 Å². The number of aromatic nitrogens is 1. The van der Waals surface area contributed by atoms with Crippen molar-refractivity contribution in [3.05, 3.63) is 35.7 Å². The molecule has 4 heteroatoms. The predicted molar refractivity (Wildman–Crippen MR) is 123 cm³/mol. The molecule has 0 spiro atoms. The lowest BCUT2D eigenvalue weighted by Gasteiger charge is -2.62. The van der Waals surface area contributed by atoms with Gasteiger partial charge in [0.05, 0.1) is 7.11 Å². The van der Waals surface area contributed by atoms with Crippen molar-refractivity contribution in [2.45, 2.75) is 78.2 Å². The van der Waals surface area contributed by atoms with Crippen LogP contribution in [0, 0.1) is 28.6 Å². The van der Waals surface area contributed by atoms with E-state index in [0.29, 0.717) is 12.0 Å². The molecular formula is C27H38N2O2. The van der Waals surface area contributed by atoms with Crippen molar-refractivity contribution in [2.75, 3.05) is 13.7 Å². The molecule has 1 aromatic heterocycles. The van der Waals surface area contributed by atoms with Crippen molar-refractivity contribution in [3.8, 4) is 0 Å². The van der Waals surface area contributed by atoms with Crippen molar-refractivity contribution in [3.63, 3.8) is 0 Å². The Kier molecular flexibility index (Phi) is 5.18. The first kappa shape index (κ1) is 21.0. The summed E-state index contributed by atoms with van der Waals surface area (Å²) in [5.41, 5.74) is 4.71. The van der Waals surface area contributed by atoms with E-state index in [4.69, 9.17) is 4.74 Å². The van der Waals surface area contributed by atoms with Crippen molar-refractivity contribution in [1.82, 2.24) is 9.88 Å². The summed E-state index contributed by atoms with van der Waals surface area (Å²) < 4.78 is 5.16. The highest BCUT2D eigenvalue weighted by atomic mass is 16.5. The van der Waals surface area contributed by atoms with Gasteiger partial charge in [-0.3, -0.25) is 4.98 Å². The number of likely N-dealkylation sites (tertiary alicyclic amines) is 1. The molecule has 0 radical (unpaired) electrons. The minimum atomic E-state index is -0.122. The molecule has 2 heterocycles. The van der Waals surface area contributed by atoms with Gasteiger partial charge in [0.1, 0.15) is 0 Å². The molecule has 4 aliphatic rings. The van der Waals surface area contributed by atoms with Gasteiger partial charge in [-0.15, -0.1) is 0 Å². The van der Waals surface area contributed by atoms with Crippen molar-refractivity contribution in [2.24, 2.45) is 28.6 Å². The van der Waals surface area contributed by atoms with Crippen LogP contribution in [0.3, 0.4) is 0 Å². The predicted octanol–water partition coefficient (Wildman–Crippen LogP) is 6.11. The number of hydrogen-bond donors (Lipinski definition) is 0. The third kappa shape index (κ3) is 3.08. The number of methoxy groups -OCH3 is 1. The molecule has 168 valence electrons. The van der Waals surface area contributed by atoms with Crippen LogP contribution in [0.2, 0.25) is 0 Å². The van der Waals surface area contributed by atoms with Gasteiger partial charge in [0.2, 0.25) is 0 Å². The fraction of sp³-hybridized carbons (Fsp3) is 0.704. The molecule has 2 unspecified atom stereocenters. The number of hydrogen-bond acceptors (Lipinski definition) is 3. The Morgan fingerprint density at radius 2 is 2.03 bits per heavy atom. The van der Waals surface area contributed by atoms with E-state index in [2.05, 4.69) is 49.0 Å². The minimum Gasteiger partial charge on any atom is -0.453 e. The largest absolute Gasteiger partial charge is 0.453 e. The molecule has 3 aliphatic carbocycles. The normalized spacial score (nSPS) is 39.2. The lowest BCUT2D eigenvalue weighted by Crippen LogP contribution is -2.61. The summed E-state index contributed by atoms with van der Waals surface area (Å²) in [6.45, 7) is 8.09.